The van der Waals surface area contributed by atoms with E-state index in [0.717, 1.165) is 0 Å². The number of nitrogens with zero attached hydrogens (tertiary/aromatic N) is 3. The maximum Gasteiger partial charge on any atom is 0.344 e. The van der Waals surface area contributed by atoms with Gasteiger partial charge < -0.3 is 26.5 Å². The summed E-state index contributed by atoms with van der Waals surface area (Å²) in [5.74, 6) is -0.759. The molecule has 0 aromatic rings. The van der Waals surface area contributed by atoms with Crippen LogP contribution in [0.5, 0.6) is 0 Å². The number of oxime groups is 1. The van der Waals surface area contributed by atoms with Crippen molar-refractivity contribution in [2.45, 2.75) is 31.3 Å². The van der Waals surface area contributed by atoms with Crippen molar-refractivity contribution in [2.75, 3.05) is 13.2 Å². The van der Waals surface area contributed by atoms with Gasteiger partial charge in [-0.25, -0.2) is 9.86 Å². The Balaban J connectivity index is 1.81. The summed E-state index contributed by atoms with van der Waals surface area (Å²) in [6, 6.07) is -1.31. The van der Waals surface area contributed by atoms with E-state index in [4.69, 9.17) is 16.9 Å². The summed E-state index contributed by atoms with van der Waals surface area (Å²) < 4.78 is 0. The lowest BCUT2D eigenvalue weighted by atomic mass is 10.00. The van der Waals surface area contributed by atoms with Gasteiger partial charge >= 0.3 is 6.03 Å². The second-order valence-electron chi connectivity index (χ2n) is 5.09. The van der Waals surface area contributed by atoms with Crippen LogP contribution in [0, 0.1) is 5.41 Å². The first-order chi connectivity index (χ1) is 10.4. The van der Waals surface area contributed by atoms with E-state index in [1.54, 1.807) is 0 Å². The molecule has 0 spiro atoms. The molecule has 22 heavy (non-hydrogen) atoms. The summed E-state index contributed by atoms with van der Waals surface area (Å²) in [4.78, 5) is 29.5. The van der Waals surface area contributed by atoms with E-state index >= 15 is 0 Å². The van der Waals surface area contributed by atoms with Crippen LogP contribution < -0.4 is 16.8 Å². The van der Waals surface area contributed by atoms with E-state index < -0.39 is 18.0 Å². The van der Waals surface area contributed by atoms with Crippen molar-refractivity contribution in [3.63, 3.8) is 0 Å². The minimum Gasteiger partial charge on any atom is -0.392 e. The van der Waals surface area contributed by atoms with Crippen LogP contribution in [-0.2, 0) is 9.63 Å². The van der Waals surface area contributed by atoms with Gasteiger partial charge in [0.15, 0.2) is 0 Å². The van der Waals surface area contributed by atoms with Crippen molar-refractivity contribution < 1.29 is 19.6 Å². The van der Waals surface area contributed by atoms with E-state index in [-0.39, 0.29) is 30.9 Å². The Kier molecular flexibility index (Phi) is 4.65. The molecule has 2 aliphatic rings. The lowest BCUT2D eigenvalue weighted by molar-refractivity contribution is -0.120. The first-order valence-electron chi connectivity index (χ1n) is 6.78. The minimum atomic E-state index is -0.539. The maximum absolute atomic E-state index is 11.8. The Labute approximate surface area is 126 Å². The largest absolute Gasteiger partial charge is 0.392 e. The van der Waals surface area contributed by atoms with Gasteiger partial charge in [-0.05, 0) is 18.0 Å². The summed E-state index contributed by atoms with van der Waals surface area (Å²) in [6.45, 7) is 0.322. The van der Waals surface area contributed by atoms with Crippen LogP contribution in [-0.4, -0.2) is 64.1 Å². The first-order valence-corrected chi connectivity index (χ1v) is 6.78. The number of amidine groups is 1. The average molecular weight is 313 g/mol. The third kappa shape index (κ3) is 3.36. The van der Waals surface area contributed by atoms with Crippen LogP contribution >= 0.6 is 0 Å². The molecular formula is C11H19N7O4. The highest BCUT2D eigenvalue weighted by Crippen LogP contribution is 2.28. The lowest BCUT2D eigenvalue weighted by Crippen LogP contribution is -2.50. The third-order valence-electron chi connectivity index (χ3n) is 3.54. The molecule has 2 atom stereocenters. The molecule has 2 heterocycles. The van der Waals surface area contributed by atoms with E-state index in [9.17, 15) is 14.8 Å². The van der Waals surface area contributed by atoms with Crippen LogP contribution in [0.2, 0.25) is 0 Å². The summed E-state index contributed by atoms with van der Waals surface area (Å²) in [7, 11) is 0. The number of carbonyl (C=O) groups is 2. The molecule has 0 radical (unpaired) electrons. The summed E-state index contributed by atoms with van der Waals surface area (Å²) in [5, 5.41) is 23.9. The van der Waals surface area contributed by atoms with Crippen molar-refractivity contribution in [1.29, 1.82) is 5.41 Å². The predicted molar refractivity (Wildman–Crippen MR) is 74.8 cm³/mol. The molecule has 0 aromatic carbocycles. The van der Waals surface area contributed by atoms with Gasteiger partial charge in [0.25, 0.3) is 0 Å². The van der Waals surface area contributed by atoms with Crippen LogP contribution in [0.1, 0.15) is 19.3 Å². The number of piperidine rings is 1. The zero-order valence-corrected chi connectivity index (χ0v) is 11.9. The van der Waals surface area contributed by atoms with Crippen LogP contribution in [0.25, 0.3) is 0 Å². The molecule has 11 nitrogen and oxygen atoms in total. The maximum atomic E-state index is 11.8. The van der Waals surface area contributed by atoms with Gasteiger partial charge in [-0.15, -0.1) is 0 Å². The highest BCUT2D eigenvalue weighted by atomic mass is 16.6. The van der Waals surface area contributed by atoms with Crippen LogP contribution in [0.3, 0.4) is 0 Å². The third-order valence-corrected chi connectivity index (χ3v) is 3.54. The number of guanidine groups is 1. The summed E-state index contributed by atoms with van der Waals surface area (Å²) in [5.41, 5.74) is 10.1. The molecule has 0 aromatic heterocycles. The number of carbonyl (C=O) groups excluding carboxylic acids is 2. The molecule has 2 fully saturated rings. The summed E-state index contributed by atoms with van der Waals surface area (Å²) in [6.07, 6.45) is 1.06. The fourth-order valence-electron chi connectivity index (χ4n) is 2.51. The van der Waals surface area contributed by atoms with E-state index in [1.807, 2.05) is 0 Å². The van der Waals surface area contributed by atoms with Crippen molar-refractivity contribution in [3.8, 4) is 0 Å². The molecular weight excluding hydrogens is 294 g/mol. The van der Waals surface area contributed by atoms with Crippen LogP contribution in [0.4, 0.5) is 4.79 Å². The highest BCUT2D eigenvalue weighted by molar-refractivity contribution is 6.01. The first kappa shape index (κ1) is 15.8. The van der Waals surface area contributed by atoms with Gasteiger partial charge in [0.1, 0.15) is 12.4 Å². The predicted octanol–water partition coefficient (Wildman–Crippen LogP) is -1.67. The van der Waals surface area contributed by atoms with Crippen LogP contribution in [0.15, 0.2) is 5.16 Å². The second-order valence-corrected chi connectivity index (χ2v) is 5.09. The number of hydrogen-bond donors (Lipinski definition) is 5. The van der Waals surface area contributed by atoms with Gasteiger partial charge in [0.2, 0.25) is 11.9 Å². The zero-order chi connectivity index (χ0) is 16.3. The molecule has 0 unspecified atom stereocenters. The van der Waals surface area contributed by atoms with Crippen molar-refractivity contribution in [1.82, 2.24) is 15.3 Å². The smallest absolute Gasteiger partial charge is 0.344 e. The number of nitrogens with two attached hydrogens (primary N) is 2. The van der Waals surface area contributed by atoms with Gasteiger partial charge in [-0.3, -0.25) is 15.4 Å². The number of nitrogens with one attached hydrogen (secondary N) is 2. The normalized spacial score (nSPS) is 23.2. The molecule has 0 saturated carbocycles. The van der Waals surface area contributed by atoms with Crippen molar-refractivity contribution >= 4 is 23.7 Å². The molecule has 11 heteroatoms. The standard InChI is InChI=1S/C11H19N7O4/c12-9(15-8(19)3-4-22-16-10(13)14)7-2-1-6-5-17(7)11(20)18(6)21/h6-7,21H,1-5H2,(H2,12,15,19)(H4,13,14,16)/t6-,7+/m1/s1. The molecule has 2 bridgehead atoms. The van der Waals surface area contributed by atoms with Gasteiger partial charge in [-0.1, -0.05) is 0 Å². The SMILES string of the molecule is N=C(NC(=O)CCON=C(N)N)[C@@H]1CC[C@@H]2CN1C(=O)N2O. The number of amides is 3. The molecule has 2 saturated heterocycles. The zero-order valence-electron chi connectivity index (χ0n) is 11.9. The Morgan fingerprint density at radius 2 is 2.23 bits per heavy atom. The number of hydroxylamine groups is 2. The number of rotatable bonds is 5. The second kappa shape index (κ2) is 6.47. The molecule has 3 amide bonds. The average Bonchev–Trinajstić information content (AvgIpc) is 2.68. The van der Waals surface area contributed by atoms with E-state index in [1.165, 1.54) is 4.90 Å². The van der Waals surface area contributed by atoms with E-state index in [0.29, 0.717) is 24.4 Å². The minimum absolute atomic E-state index is 0.0309. The molecule has 7 N–H and O–H groups in total. The molecule has 122 valence electrons. The Bertz CT molecular complexity index is 505. The van der Waals surface area contributed by atoms with Gasteiger partial charge in [0.05, 0.1) is 18.5 Å². The highest BCUT2D eigenvalue weighted by Gasteiger charge is 2.45. The quantitative estimate of drug-likeness (QED) is 0.133. The molecule has 2 rings (SSSR count). The number of hydrogen-bond acceptors (Lipinski definition) is 6. The van der Waals surface area contributed by atoms with Gasteiger partial charge in [0, 0.05) is 6.54 Å². The molecule has 0 aliphatic carbocycles. The summed E-state index contributed by atoms with van der Waals surface area (Å²) >= 11 is 0. The fraction of sp³-hybridized carbons (Fsp3) is 0.636. The van der Waals surface area contributed by atoms with Crippen molar-refractivity contribution in [3.05, 3.63) is 0 Å². The Morgan fingerprint density at radius 1 is 1.50 bits per heavy atom. The lowest BCUT2D eigenvalue weighted by Gasteiger charge is -2.30. The Morgan fingerprint density at radius 3 is 2.91 bits per heavy atom. The monoisotopic (exact) mass is 313 g/mol. The molecule has 2 aliphatic heterocycles. The number of fused-ring (bicyclic) bond motifs is 2. The Hall–Kier alpha value is -2.56. The van der Waals surface area contributed by atoms with Crippen molar-refractivity contribution in [2.24, 2.45) is 16.6 Å². The van der Waals surface area contributed by atoms with E-state index in [2.05, 4.69) is 15.3 Å². The number of urea groups is 1. The van der Waals surface area contributed by atoms with Gasteiger partial charge in [-0.2, -0.15) is 0 Å². The topological polar surface area (TPSA) is 170 Å². The fourth-order valence-corrected chi connectivity index (χ4v) is 2.51.